The van der Waals surface area contributed by atoms with Crippen molar-refractivity contribution in [3.63, 3.8) is 0 Å². The van der Waals surface area contributed by atoms with Gasteiger partial charge in [0.25, 0.3) is 0 Å². The maximum Gasteiger partial charge on any atom is 0.410 e. The average Bonchev–Trinajstić information content (AvgIpc) is 2.65. The number of nitrogens with one attached hydrogen (secondary N) is 1. The van der Waals surface area contributed by atoms with E-state index < -0.39 is 5.60 Å². The number of carbonyl (C=O) groups excluding carboxylic acids is 1. The molecule has 0 aliphatic heterocycles. The van der Waals surface area contributed by atoms with Crippen molar-refractivity contribution in [3.8, 4) is 0 Å². The Balaban J connectivity index is 2.19. The van der Waals surface area contributed by atoms with Crippen LogP contribution in [0.5, 0.6) is 0 Å². The van der Waals surface area contributed by atoms with Gasteiger partial charge in [-0.2, -0.15) is 5.10 Å². The third kappa shape index (κ3) is 6.95. The summed E-state index contributed by atoms with van der Waals surface area (Å²) in [6.45, 7) is 7.74. The molecule has 0 saturated carbocycles. The van der Waals surface area contributed by atoms with Gasteiger partial charge in [-0.3, -0.25) is 4.68 Å². The normalized spacial score (nSPS) is 11.5. The molecule has 120 valence electrons. The van der Waals surface area contributed by atoms with Crippen molar-refractivity contribution in [2.24, 2.45) is 7.05 Å². The maximum absolute atomic E-state index is 11.7. The lowest BCUT2D eigenvalue weighted by Gasteiger charge is -2.24. The number of halogens is 1. The van der Waals surface area contributed by atoms with E-state index in [1.807, 2.05) is 34.0 Å². The fourth-order valence-corrected chi connectivity index (χ4v) is 2.26. The van der Waals surface area contributed by atoms with Gasteiger partial charge in [0, 0.05) is 46.3 Å². The first-order chi connectivity index (χ1) is 9.69. The Labute approximate surface area is 135 Å². The molecule has 0 bridgehead atoms. The minimum absolute atomic E-state index is 0.295. The van der Waals surface area contributed by atoms with E-state index in [0.717, 1.165) is 29.7 Å². The zero-order chi connectivity index (χ0) is 16.0. The second kappa shape index (κ2) is 7.79. The van der Waals surface area contributed by atoms with Gasteiger partial charge < -0.3 is 15.0 Å². The number of aryl methyl sites for hydroxylation is 1. The first kappa shape index (κ1) is 18.0. The summed E-state index contributed by atoms with van der Waals surface area (Å²) in [6, 6.07) is 0. The Bertz CT molecular complexity index is 468. The van der Waals surface area contributed by atoms with Crippen molar-refractivity contribution in [3.05, 3.63) is 16.4 Å². The summed E-state index contributed by atoms with van der Waals surface area (Å²) in [5.41, 5.74) is 0.579. The fraction of sp³-hybridized carbons (Fsp3) is 0.714. The monoisotopic (exact) mass is 360 g/mol. The van der Waals surface area contributed by atoms with Crippen LogP contribution in [0.1, 0.15) is 26.5 Å². The molecule has 6 nitrogen and oxygen atoms in total. The maximum atomic E-state index is 11.7. The number of likely N-dealkylation sites (N-methyl/N-ethyl adjacent to an activating group) is 1. The molecular formula is C14H25BrN4O2. The lowest BCUT2D eigenvalue weighted by atomic mass is 10.2. The van der Waals surface area contributed by atoms with Crippen LogP contribution >= 0.6 is 15.9 Å². The summed E-state index contributed by atoms with van der Waals surface area (Å²) in [5.74, 6) is 0. The lowest BCUT2D eigenvalue weighted by Crippen LogP contribution is -2.38. The first-order valence-corrected chi connectivity index (χ1v) is 7.81. The molecule has 1 aromatic rings. The number of carbonyl (C=O) groups is 1. The third-order valence-corrected chi connectivity index (χ3v) is 3.38. The van der Waals surface area contributed by atoms with Gasteiger partial charge in [0.05, 0.1) is 10.2 Å². The van der Waals surface area contributed by atoms with Crippen molar-refractivity contribution < 1.29 is 9.53 Å². The molecule has 1 aromatic heterocycles. The van der Waals surface area contributed by atoms with Crippen molar-refractivity contribution in [1.29, 1.82) is 0 Å². The average molecular weight is 361 g/mol. The van der Waals surface area contributed by atoms with Crippen LogP contribution in [-0.2, 0) is 18.2 Å². The molecule has 0 aliphatic carbocycles. The molecular weight excluding hydrogens is 336 g/mol. The minimum Gasteiger partial charge on any atom is -0.444 e. The van der Waals surface area contributed by atoms with E-state index in [1.165, 1.54) is 0 Å². The van der Waals surface area contributed by atoms with E-state index in [2.05, 4.69) is 26.3 Å². The zero-order valence-corrected chi connectivity index (χ0v) is 15.0. The molecule has 1 rings (SSSR count). The summed E-state index contributed by atoms with van der Waals surface area (Å²) in [4.78, 5) is 13.3. The van der Waals surface area contributed by atoms with Crippen LogP contribution < -0.4 is 5.32 Å². The topological polar surface area (TPSA) is 59.4 Å². The van der Waals surface area contributed by atoms with Crippen LogP contribution in [0.4, 0.5) is 4.79 Å². The molecule has 7 heteroatoms. The SMILES string of the molecule is CN(CCNCCc1nn(C)cc1Br)C(=O)OC(C)(C)C. The fourth-order valence-electron chi connectivity index (χ4n) is 1.68. The number of hydrogen-bond donors (Lipinski definition) is 1. The summed E-state index contributed by atoms with van der Waals surface area (Å²) < 4.78 is 8.10. The van der Waals surface area contributed by atoms with Crippen molar-refractivity contribution in [1.82, 2.24) is 20.0 Å². The quantitative estimate of drug-likeness (QED) is 0.789. The summed E-state index contributed by atoms with van der Waals surface area (Å²) >= 11 is 3.48. The summed E-state index contributed by atoms with van der Waals surface area (Å²) in [7, 11) is 3.64. The van der Waals surface area contributed by atoms with Crippen LogP contribution in [0.3, 0.4) is 0 Å². The smallest absolute Gasteiger partial charge is 0.410 e. The van der Waals surface area contributed by atoms with Gasteiger partial charge in [0.1, 0.15) is 5.60 Å². The zero-order valence-electron chi connectivity index (χ0n) is 13.4. The van der Waals surface area contributed by atoms with E-state index in [9.17, 15) is 4.79 Å². The second-order valence-electron chi connectivity index (χ2n) is 6.00. The van der Waals surface area contributed by atoms with Crippen molar-refractivity contribution >= 4 is 22.0 Å². The number of rotatable bonds is 6. The highest BCUT2D eigenvalue weighted by Gasteiger charge is 2.19. The second-order valence-corrected chi connectivity index (χ2v) is 6.85. The number of ether oxygens (including phenoxy) is 1. The van der Waals surface area contributed by atoms with Gasteiger partial charge >= 0.3 is 6.09 Å². The molecule has 0 saturated heterocycles. The number of amides is 1. The van der Waals surface area contributed by atoms with E-state index >= 15 is 0 Å². The van der Waals surface area contributed by atoms with Gasteiger partial charge in [-0.1, -0.05) is 0 Å². The Morgan fingerprint density at radius 1 is 1.48 bits per heavy atom. The van der Waals surface area contributed by atoms with Crippen LogP contribution in [0.15, 0.2) is 10.7 Å². The lowest BCUT2D eigenvalue weighted by molar-refractivity contribution is 0.0300. The first-order valence-electron chi connectivity index (χ1n) is 7.02. The Hall–Kier alpha value is -1.08. The Morgan fingerprint density at radius 2 is 2.14 bits per heavy atom. The number of hydrogen-bond acceptors (Lipinski definition) is 4. The summed E-state index contributed by atoms with van der Waals surface area (Å²) in [5, 5.41) is 7.66. The molecule has 1 heterocycles. The minimum atomic E-state index is -0.454. The largest absolute Gasteiger partial charge is 0.444 e. The van der Waals surface area contributed by atoms with Crippen molar-refractivity contribution in [2.75, 3.05) is 26.7 Å². The van der Waals surface area contributed by atoms with Crippen LogP contribution in [0.25, 0.3) is 0 Å². The van der Waals surface area contributed by atoms with Gasteiger partial charge in [-0.15, -0.1) is 0 Å². The highest BCUT2D eigenvalue weighted by molar-refractivity contribution is 9.10. The van der Waals surface area contributed by atoms with E-state index in [1.54, 1.807) is 16.6 Å². The number of aromatic nitrogens is 2. The molecule has 0 radical (unpaired) electrons. The van der Waals surface area contributed by atoms with Gasteiger partial charge in [0.15, 0.2) is 0 Å². The Morgan fingerprint density at radius 3 is 2.67 bits per heavy atom. The number of nitrogens with zero attached hydrogens (tertiary/aromatic N) is 3. The summed E-state index contributed by atoms with van der Waals surface area (Å²) in [6.07, 6.45) is 2.49. The molecule has 0 spiro atoms. The van der Waals surface area contributed by atoms with E-state index in [4.69, 9.17) is 4.74 Å². The predicted molar refractivity (Wildman–Crippen MR) is 86.3 cm³/mol. The predicted octanol–water partition coefficient (Wildman–Crippen LogP) is 2.18. The molecule has 0 aromatic carbocycles. The Kier molecular flexibility index (Phi) is 6.67. The highest BCUT2D eigenvalue weighted by Crippen LogP contribution is 2.14. The van der Waals surface area contributed by atoms with E-state index in [-0.39, 0.29) is 6.09 Å². The molecule has 1 N–H and O–H groups in total. The van der Waals surface area contributed by atoms with Crippen LogP contribution in [-0.4, -0.2) is 53.1 Å². The van der Waals surface area contributed by atoms with Gasteiger partial charge in [-0.25, -0.2) is 4.79 Å². The molecule has 0 unspecified atom stereocenters. The molecule has 0 atom stereocenters. The molecule has 1 amide bonds. The van der Waals surface area contributed by atoms with Crippen LogP contribution in [0, 0.1) is 0 Å². The molecule has 0 fully saturated rings. The van der Waals surface area contributed by atoms with Gasteiger partial charge in [0.2, 0.25) is 0 Å². The third-order valence-electron chi connectivity index (χ3n) is 2.72. The standard InChI is InChI=1S/C14H25BrN4O2/c1-14(2,3)21-13(20)18(4)9-8-16-7-6-12-11(15)10-19(5)17-12/h10,16H,6-9H2,1-5H3. The van der Waals surface area contributed by atoms with Gasteiger partial charge in [-0.05, 0) is 36.7 Å². The van der Waals surface area contributed by atoms with Crippen molar-refractivity contribution in [2.45, 2.75) is 32.8 Å². The molecule has 21 heavy (non-hydrogen) atoms. The highest BCUT2D eigenvalue weighted by atomic mass is 79.9. The van der Waals surface area contributed by atoms with E-state index in [0.29, 0.717) is 6.54 Å². The van der Waals surface area contributed by atoms with Crippen LogP contribution in [0.2, 0.25) is 0 Å². The molecule has 0 aliphatic rings.